The lowest BCUT2D eigenvalue weighted by atomic mass is 9.95. The maximum atomic E-state index is 12.8. The first kappa shape index (κ1) is 16.8. The van der Waals surface area contributed by atoms with Crippen molar-refractivity contribution in [2.24, 2.45) is 11.8 Å². The Hall–Kier alpha value is -0.610. The van der Waals surface area contributed by atoms with Gasteiger partial charge in [-0.1, -0.05) is 27.7 Å². The number of hydrogen-bond donors (Lipinski definition) is 1. The third kappa shape index (κ3) is 4.68. The van der Waals surface area contributed by atoms with Crippen molar-refractivity contribution in [3.8, 4) is 0 Å². The second-order valence-electron chi connectivity index (χ2n) is 7.51. The number of rotatable bonds is 5. The fourth-order valence-corrected chi connectivity index (χ4v) is 3.57. The molecule has 4 heteroatoms. The Morgan fingerprint density at radius 1 is 1.24 bits per heavy atom. The molecule has 21 heavy (non-hydrogen) atoms. The van der Waals surface area contributed by atoms with Crippen LogP contribution in [0.15, 0.2) is 0 Å². The summed E-state index contributed by atoms with van der Waals surface area (Å²) in [6.45, 7) is 11.5. The number of nitrogens with zero attached hydrogens (tertiary/aromatic N) is 1. The second-order valence-corrected chi connectivity index (χ2v) is 7.51. The highest BCUT2D eigenvalue weighted by molar-refractivity contribution is 5.81. The van der Waals surface area contributed by atoms with E-state index in [1.165, 1.54) is 0 Å². The number of ether oxygens (including phenoxy) is 1. The molecule has 0 saturated carbocycles. The predicted molar refractivity (Wildman–Crippen MR) is 85.2 cm³/mol. The van der Waals surface area contributed by atoms with E-state index in [0.717, 1.165) is 45.4 Å². The van der Waals surface area contributed by atoms with Crippen LogP contribution in [0.2, 0.25) is 0 Å². The normalized spacial score (nSPS) is 30.4. The summed E-state index contributed by atoms with van der Waals surface area (Å²) in [5, 5.41) is 3.65. The molecule has 0 aliphatic carbocycles. The summed E-state index contributed by atoms with van der Waals surface area (Å²) in [6, 6.07) is 0.754. The molecule has 0 aromatic carbocycles. The van der Waals surface area contributed by atoms with E-state index in [2.05, 4.69) is 37.9 Å². The van der Waals surface area contributed by atoms with Gasteiger partial charge in [0.2, 0.25) is 0 Å². The van der Waals surface area contributed by atoms with Crippen LogP contribution in [0.1, 0.15) is 53.4 Å². The van der Waals surface area contributed by atoms with Crippen LogP contribution in [0.4, 0.5) is 0 Å². The Labute approximate surface area is 129 Å². The van der Waals surface area contributed by atoms with Gasteiger partial charge in [-0.15, -0.1) is 0 Å². The van der Waals surface area contributed by atoms with Gasteiger partial charge in [-0.3, -0.25) is 4.79 Å². The lowest BCUT2D eigenvalue weighted by Crippen LogP contribution is -2.60. The van der Waals surface area contributed by atoms with Crippen LogP contribution in [0.25, 0.3) is 0 Å². The monoisotopic (exact) mass is 296 g/mol. The molecule has 0 aromatic heterocycles. The third-order valence-corrected chi connectivity index (χ3v) is 4.49. The SMILES string of the molecule is CC(C)CC1CN(C(=O)C2CCCO2)C(CC(C)C)CN1. The Kier molecular flexibility index (Phi) is 6.06. The van der Waals surface area contributed by atoms with Gasteiger partial charge in [-0.25, -0.2) is 0 Å². The van der Waals surface area contributed by atoms with E-state index in [0.29, 0.717) is 23.9 Å². The molecule has 0 radical (unpaired) electrons. The highest BCUT2D eigenvalue weighted by atomic mass is 16.5. The van der Waals surface area contributed by atoms with Crippen molar-refractivity contribution >= 4 is 5.91 Å². The zero-order chi connectivity index (χ0) is 15.4. The second kappa shape index (κ2) is 7.59. The highest BCUT2D eigenvalue weighted by Crippen LogP contribution is 2.22. The summed E-state index contributed by atoms with van der Waals surface area (Å²) < 4.78 is 5.63. The van der Waals surface area contributed by atoms with E-state index < -0.39 is 0 Å². The Balaban J connectivity index is 2.02. The van der Waals surface area contributed by atoms with E-state index in [9.17, 15) is 4.79 Å². The lowest BCUT2D eigenvalue weighted by molar-refractivity contribution is -0.145. The van der Waals surface area contributed by atoms with Crippen molar-refractivity contribution in [1.82, 2.24) is 10.2 Å². The van der Waals surface area contributed by atoms with Gasteiger partial charge in [0.15, 0.2) is 0 Å². The van der Waals surface area contributed by atoms with Crippen LogP contribution < -0.4 is 5.32 Å². The quantitative estimate of drug-likeness (QED) is 0.847. The zero-order valence-corrected chi connectivity index (χ0v) is 14.1. The van der Waals surface area contributed by atoms with Gasteiger partial charge in [0, 0.05) is 31.8 Å². The van der Waals surface area contributed by atoms with Gasteiger partial charge in [0.25, 0.3) is 5.91 Å². The number of piperazine rings is 1. The molecule has 2 saturated heterocycles. The number of nitrogens with one attached hydrogen (secondary N) is 1. The molecule has 2 rings (SSSR count). The summed E-state index contributed by atoms with van der Waals surface area (Å²) in [4.78, 5) is 14.9. The molecule has 0 aromatic rings. The van der Waals surface area contributed by atoms with Crippen LogP contribution in [0, 0.1) is 11.8 Å². The molecule has 3 atom stereocenters. The number of amides is 1. The zero-order valence-electron chi connectivity index (χ0n) is 14.1. The first-order valence-corrected chi connectivity index (χ1v) is 8.62. The molecule has 2 aliphatic rings. The Morgan fingerprint density at radius 3 is 2.52 bits per heavy atom. The minimum absolute atomic E-state index is 0.183. The molecule has 4 nitrogen and oxygen atoms in total. The average Bonchev–Trinajstić information content (AvgIpc) is 2.92. The summed E-state index contributed by atoms with van der Waals surface area (Å²) in [5.74, 6) is 1.50. The predicted octanol–water partition coefficient (Wildman–Crippen LogP) is 2.43. The summed E-state index contributed by atoms with van der Waals surface area (Å²) in [5.41, 5.74) is 0. The first-order chi connectivity index (χ1) is 9.97. The van der Waals surface area contributed by atoms with Gasteiger partial charge < -0.3 is 15.0 Å². The van der Waals surface area contributed by atoms with Gasteiger partial charge in [0.05, 0.1) is 0 Å². The van der Waals surface area contributed by atoms with Gasteiger partial charge >= 0.3 is 0 Å². The van der Waals surface area contributed by atoms with Crippen LogP contribution in [0.5, 0.6) is 0 Å². The molecule has 2 heterocycles. The molecule has 3 unspecified atom stereocenters. The van der Waals surface area contributed by atoms with Crippen LogP contribution >= 0.6 is 0 Å². The molecule has 2 fully saturated rings. The Morgan fingerprint density at radius 2 is 1.95 bits per heavy atom. The highest BCUT2D eigenvalue weighted by Gasteiger charge is 2.36. The molecule has 0 bridgehead atoms. The smallest absolute Gasteiger partial charge is 0.252 e. The first-order valence-electron chi connectivity index (χ1n) is 8.62. The molecule has 1 N–H and O–H groups in total. The molecule has 2 aliphatic heterocycles. The van der Waals surface area contributed by atoms with Crippen molar-refractivity contribution in [3.05, 3.63) is 0 Å². The van der Waals surface area contributed by atoms with E-state index in [1.54, 1.807) is 0 Å². The van der Waals surface area contributed by atoms with E-state index in [4.69, 9.17) is 4.74 Å². The van der Waals surface area contributed by atoms with Crippen molar-refractivity contribution < 1.29 is 9.53 Å². The van der Waals surface area contributed by atoms with Gasteiger partial charge in [-0.2, -0.15) is 0 Å². The fraction of sp³-hybridized carbons (Fsp3) is 0.941. The molecule has 1 amide bonds. The summed E-state index contributed by atoms with van der Waals surface area (Å²) >= 11 is 0. The van der Waals surface area contributed by atoms with Crippen molar-refractivity contribution in [2.75, 3.05) is 19.7 Å². The minimum Gasteiger partial charge on any atom is -0.368 e. The maximum absolute atomic E-state index is 12.8. The molecule has 122 valence electrons. The van der Waals surface area contributed by atoms with Gasteiger partial charge in [0.1, 0.15) is 6.10 Å². The van der Waals surface area contributed by atoms with Crippen molar-refractivity contribution in [2.45, 2.75) is 71.6 Å². The van der Waals surface area contributed by atoms with E-state index in [-0.39, 0.29) is 12.0 Å². The largest absolute Gasteiger partial charge is 0.368 e. The topological polar surface area (TPSA) is 41.6 Å². The van der Waals surface area contributed by atoms with Crippen molar-refractivity contribution in [3.63, 3.8) is 0 Å². The molecule has 0 spiro atoms. The van der Waals surface area contributed by atoms with E-state index >= 15 is 0 Å². The summed E-state index contributed by atoms with van der Waals surface area (Å²) in [6.07, 6.45) is 3.93. The number of carbonyl (C=O) groups is 1. The molecular formula is C17H32N2O2. The van der Waals surface area contributed by atoms with Crippen LogP contribution in [-0.2, 0) is 9.53 Å². The molecular weight excluding hydrogens is 264 g/mol. The minimum atomic E-state index is -0.183. The maximum Gasteiger partial charge on any atom is 0.252 e. The average molecular weight is 296 g/mol. The Bertz CT molecular complexity index is 338. The van der Waals surface area contributed by atoms with Gasteiger partial charge in [-0.05, 0) is 37.5 Å². The fourth-order valence-electron chi connectivity index (χ4n) is 3.57. The third-order valence-electron chi connectivity index (χ3n) is 4.49. The number of carbonyl (C=O) groups excluding carboxylic acids is 1. The number of hydrogen-bond acceptors (Lipinski definition) is 3. The van der Waals surface area contributed by atoms with Crippen molar-refractivity contribution in [1.29, 1.82) is 0 Å². The van der Waals surface area contributed by atoms with Crippen LogP contribution in [0.3, 0.4) is 0 Å². The lowest BCUT2D eigenvalue weighted by Gasteiger charge is -2.42. The van der Waals surface area contributed by atoms with Crippen LogP contribution in [-0.4, -0.2) is 48.7 Å². The standard InChI is InChI=1S/C17H32N2O2/c1-12(2)8-14-11-19(15(10-18-14)9-13(3)4)17(20)16-6-5-7-21-16/h12-16,18H,5-11H2,1-4H3. The summed E-state index contributed by atoms with van der Waals surface area (Å²) in [7, 11) is 0. The van der Waals surface area contributed by atoms with E-state index in [1.807, 2.05) is 0 Å².